The van der Waals surface area contributed by atoms with E-state index in [1.165, 1.54) is 0 Å². The molecule has 2 unspecified atom stereocenters. The van der Waals surface area contributed by atoms with Gasteiger partial charge in [-0.05, 0) is 30.1 Å². The number of carbonyl (C=O) groups excluding carboxylic acids is 1. The van der Waals surface area contributed by atoms with Gasteiger partial charge in [-0.15, -0.1) is 0 Å². The Bertz CT molecular complexity index is 340. The van der Waals surface area contributed by atoms with E-state index >= 15 is 0 Å². The fourth-order valence-electron chi connectivity index (χ4n) is 2.99. The van der Waals surface area contributed by atoms with Crippen molar-refractivity contribution < 1.29 is 9.53 Å². The van der Waals surface area contributed by atoms with Gasteiger partial charge in [0.1, 0.15) is 0 Å². The summed E-state index contributed by atoms with van der Waals surface area (Å²) in [5, 5.41) is 3.55. The first-order valence-corrected chi connectivity index (χ1v) is 8.23. The molecule has 1 rings (SSSR count). The lowest BCUT2D eigenvalue weighted by molar-refractivity contribution is -0.132. The largest absolute Gasteiger partial charge is 0.385 e. The molecule has 0 radical (unpaired) electrons. The first-order valence-electron chi connectivity index (χ1n) is 8.23. The molecule has 1 fully saturated rings. The second-order valence-electron chi connectivity index (χ2n) is 7.91. The minimum Gasteiger partial charge on any atom is -0.385 e. The smallest absolute Gasteiger partial charge is 0.241 e. The minimum absolute atomic E-state index is 0.0179. The fourth-order valence-corrected chi connectivity index (χ4v) is 2.99. The fraction of sp³-hybridized carbons (Fsp3) is 0.941. The lowest BCUT2D eigenvalue weighted by Gasteiger charge is -2.35. The zero-order valence-electron chi connectivity index (χ0n) is 14.9. The molecule has 1 heterocycles. The summed E-state index contributed by atoms with van der Waals surface area (Å²) < 4.78 is 5.20. The number of hydrogen-bond donors (Lipinski definition) is 1. The Hall–Kier alpha value is -0.610. The Kier molecular flexibility index (Phi) is 6.67. The van der Waals surface area contributed by atoms with E-state index in [4.69, 9.17) is 4.74 Å². The van der Waals surface area contributed by atoms with Crippen LogP contribution >= 0.6 is 0 Å². The summed E-state index contributed by atoms with van der Waals surface area (Å²) >= 11 is 0. The highest BCUT2D eigenvalue weighted by molar-refractivity contribution is 5.84. The zero-order valence-corrected chi connectivity index (χ0v) is 14.9. The highest BCUT2D eigenvalue weighted by Crippen LogP contribution is 2.28. The molecule has 0 bridgehead atoms. The number of nitrogens with one attached hydrogen (secondary N) is 1. The van der Waals surface area contributed by atoms with Crippen molar-refractivity contribution >= 4 is 5.91 Å². The van der Waals surface area contributed by atoms with Gasteiger partial charge in [-0.25, -0.2) is 0 Å². The molecule has 0 aromatic rings. The summed E-state index contributed by atoms with van der Waals surface area (Å²) in [4.78, 5) is 14.8. The number of ether oxygens (including phenoxy) is 1. The molecule has 0 aromatic carbocycles. The standard InChI is InChI=1S/C17H34N2O2/c1-12(2)10-14-16(20)19(15(18-14)13(3)4)11-17(5,6)8-9-21-7/h12-15,18H,8-11H2,1-7H3. The molecule has 1 saturated heterocycles. The normalized spacial score (nSPS) is 23.7. The van der Waals surface area contributed by atoms with Crippen molar-refractivity contribution in [3.63, 3.8) is 0 Å². The maximum Gasteiger partial charge on any atom is 0.241 e. The predicted molar refractivity (Wildman–Crippen MR) is 87.0 cm³/mol. The summed E-state index contributed by atoms with van der Waals surface area (Å²) in [6.45, 7) is 14.7. The minimum atomic E-state index is -0.0179. The molecule has 124 valence electrons. The van der Waals surface area contributed by atoms with Gasteiger partial charge in [0.05, 0.1) is 12.2 Å². The molecule has 0 saturated carbocycles. The first-order chi connectivity index (χ1) is 9.68. The molecule has 0 aliphatic carbocycles. The van der Waals surface area contributed by atoms with E-state index in [1.807, 2.05) is 0 Å². The van der Waals surface area contributed by atoms with E-state index in [9.17, 15) is 4.79 Å². The van der Waals surface area contributed by atoms with Crippen LogP contribution in [0.5, 0.6) is 0 Å². The van der Waals surface area contributed by atoms with E-state index < -0.39 is 0 Å². The summed E-state index contributed by atoms with van der Waals surface area (Å²) in [6.07, 6.45) is 2.03. The van der Waals surface area contributed by atoms with Gasteiger partial charge >= 0.3 is 0 Å². The molecule has 1 aliphatic rings. The van der Waals surface area contributed by atoms with Gasteiger partial charge in [-0.2, -0.15) is 0 Å². The van der Waals surface area contributed by atoms with Crippen molar-refractivity contribution in [3.8, 4) is 0 Å². The zero-order chi connectivity index (χ0) is 16.2. The molecule has 1 N–H and O–H groups in total. The SMILES string of the molecule is COCCC(C)(C)CN1C(=O)C(CC(C)C)NC1C(C)C. The first kappa shape index (κ1) is 18.4. The van der Waals surface area contributed by atoms with Crippen LogP contribution in [0.1, 0.15) is 54.4 Å². The van der Waals surface area contributed by atoms with Crippen LogP contribution in [-0.2, 0) is 9.53 Å². The molecule has 0 aromatic heterocycles. The van der Waals surface area contributed by atoms with Crippen LogP contribution in [0, 0.1) is 17.3 Å². The number of methoxy groups -OCH3 is 1. The van der Waals surface area contributed by atoms with Crippen molar-refractivity contribution in [1.29, 1.82) is 0 Å². The average Bonchev–Trinajstić information content (AvgIpc) is 2.64. The molecule has 0 spiro atoms. The van der Waals surface area contributed by atoms with E-state index in [0.717, 1.165) is 26.0 Å². The van der Waals surface area contributed by atoms with Gasteiger partial charge in [-0.1, -0.05) is 41.5 Å². The third-order valence-electron chi connectivity index (χ3n) is 4.21. The van der Waals surface area contributed by atoms with Gasteiger partial charge in [-0.3, -0.25) is 10.1 Å². The number of nitrogens with zero attached hydrogens (tertiary/aromatic N) is 1. The molecule has 1 aliphatic heterocycles. The van der Waals surface area contributed by atoms with Crippen molar-refractivity contribution in [2.45, 2.75) is 66.6 Å². The number of amides is 1. The Morgan fingerprint density at radius 2 is 1.90 bits per heavy atom. The monoisotopic (exact) mass is 298 g/mol. The van der Waals surface area contributed by atoms with Crippen LogP contribution in [0.25, 0.3) is 0 Å². The van der Waals surface area contributed by atoms with Gasteiger partial charge < -0.3 is 9.64 Å². The van der Waals surface area contributed by atoms with Crippen LogP contribution in [0.3, 0.4) is 0 Å². The topological polar surface area (TPSA) is 41.6 Å². The Labute approximate surface area is 130 Å². The Morgan fingerprint density at radius 1 is 1.29 bits per heavy atom. The molecule has 21 heavy (non-hydrogen) atoms. The quantitative estimate of drug-likeness (QED) is 0.749. The average molecular weight is 298 g/mol. The molecule has 4 heteroatoms. The lowest BCUT2D eigenvalue weighted by atomic mass is 9.88. The van der Waals surface area contributed by atoms with Gasteiger partial charge in [0.2, 0.25) is 5.91 Å². The van der Waals surface area contributed by atoms with Crippen LogP contribution in [0.4, 0.5) is 0 Å². The second-order valence-corrected chi connectivity index (χ2v) is 7.91. The lowest BCUT2D eigenvalue weighted by Crippen LogP contribution is -2.46. The number of hydrogen-bond acceptors (Lipinski definition) is 3. The van der Waals surface area contributed by atoms with Crippen LogP contribution < -0.4 is 5.32 Å². The van der Waals surface area contributed by atoms with Crippen LogP contribution in [0.2, 0.25) is 0 Å². The molecule has 1 amide bonds. The summed E-state index contributed by atoms with van der Waals surface area (Å²) in [5.41, 5.74) is 0.0766. The Balaban J connectivity index is 2.78. The Morgan fingerprint density at radius 3 is 2.38 bits per heavy atom. The van der Waals surface area contributed by atoms with E-state index in [-0.39, 0.29) is 23.5 Å². The van der Waals surface area contributed by atoms with Gasteiger partial charge in [0.15, 0.2) is 0 Å². The van der Waals surface area contributed by atoms with Crippen molar-refractivity contribution in [2.24, 2.45) is 17.3 Å². The van der Waals surface area contributed by atoms with Gasteiger partial charge in [0.25, 0.3) is 0 Å². The van der Waals surface area contributed by atoms with E-state index in [1.54, 1.807) is 7.11 Å². The van der Waals surface area contributed by atoms with Gasteiger partial charge in [0, 0.05) is 20.3 Å². The van der Waals surface area contributed by atoms with Crippen molar-refractivity contribution in [2.75, 3.05) is 20.3 Å². The number of rotatable bonds is 8. The molecule has 4 nitrogen and oxygen atoms in total. The second kappa shape index (κ2) is 7.59. The highest BCUT2D eigenvalue weighted by Gasteiger charge is 2.42. The van der Waals surface area contributed by atoms with Crippen molar-refractivity contribution in [3.05, 3.63) is 0 Å². The van der Waals surface area contributed by atoms with Crippen LogP contribution in [0.15, 0.2) is 0 Å². The van der Waals surface area contributed by atoms with Crippen molar-refractivity contribution in [1.82, 2.24) is 10.2 Å². The molecule has 2 atom stereocenters. The summed E-state index contributed by atoms with van der Waals surface area (Å²) in [6, 6.07) is -0.0179. The number of carbonyl (C=O) groups is 1. The summed E-state index contributed by atoms with van der Waals surface area (Å²) in [7, 11) is 1.73. The van der Waals surface area contributed by atoms with Crippen LogP contribution in [-0.4, -0.2) is 43.3 Å². The summed E-state index contributed by atoms with van der Waals surface area (Å²) in [5.74, 6) is 1.22. The third-order valence-corrected chi connectivity index (χ3v) is 4.21. The molecular weight excluding hydrogens is 264 g/mol. The maximum atomic E-state index is 12.7. The predicted octanol–water partition coefficient (Wildman–Crippen LogP) is 2.88. The highest BCUT2D eigenvalue weighted by atomic mass is 16.5. The van der Waals surface area contributed by atoms with E-state index in [0.29, 0.717) is 11.8 Å². The van der Waals surface area contributed by atoms with E-state index in [2.05, 4.69) is 51.8 Å². The molecular formula is C17H34N2O2. The maximum absolute atomic E-state index is 12.7. The third kappa shape index (κ3) is 5.26.